The normalized spacial score (nSPS) is 10.1. The third-order valence-electron chi connectivity index (χ3n) is 1.06. The van der Waals surface area contributed by atoms with Crippen molar-refractivity contribution in [3.63, 3.8) is 0 Å². The summed E-state index contributed by atoms with van der Waals surface area (Å²) in [6.07, 6.45) is 3.34. The first-order valence-corrected chi connectivity index (χ1v) is 3.05. The average Bonchev–Trinajstić information content (AvgIpc) is 1.83. The van der Waals surface area contributed by atoms with Crippen molar-refractivity contribution in [3.05, 3.63) is 12.3 Å². The molecule has 0 aliphatic heterocycles. The lowest BCUT2D eigenvalue weighted by Crippen LogP contribution is -2.08. The van der Waals surface area contributed by atoms with Crippen molar-refractivity contribution in [2.75, 3.05) is 13.6 Å². The van der Waals surface area contributed by atoms with Gasteiger partial charge in [-0.15, -0.1) is 0 Å². The van der Waals surface area contributed by atoms with Crippen LogP contribution < -0.4 is 0 Å². The fraction of sp³-hybridized carbons (Fsp3) is 0.571. The molecule has 2 heteroatoms. The maximum Gasteiger partial charge on any atom is 0.154 e. The summed E-state index contributed by atoms with van der Waals surface area (Å²) in [6, 6.07) is 0. The van der Waals surface area contributed by atoms with Crippen LogP contribution in [0.25, 0.3) is 0 Å². The third kappa shape index (κ3) is 5.07. The molecule has 0 saturated carbocycles. The molecule has 0 heterocycles. The fourth-order valence-corrected chi connectivity index (χ4v) is 0.338. The van der Waals surface area contributed by atoms with E-state index in [2.05, 4.69) is 0 Å². The van der Waals surface area contributed by atoms with E-state index < -0.39 is 0 Å². The summed E-state index contributed by atoms with van der Waals surface area (Å²) in [6.45, 7) is 4.51. The van der Waals surface area contributed by atoms with Gasteiger partial charge in [0, 0.05) is 19.8 Å². The monoisotopic (exact) mass is 127 g/mol. The molecule has 0 amide bonds. The van der Waals surface area contributed by atoms with Crippen LogP contribution in [0.5, 0.6) is 0 Å². The van der Waals surface area contributed by atoms with Crippen LogP contribution in [-0.2, 0) is 4.79 Å². The van der Waals surface area contributed by atoms with Crippen molar-refractivity contribution in [3.8, 4) is 0 Å². The lowest BCUT2D eigenvalue weighted by Gasteiger charge is -2.07. The Labute approximate surface area is 56.2 Å². The predicted octanol–water partition coefficient (Wildman–Crippen LogP) is 1.04. The number of hydrogen-bond acceptors (Lipinski definition) is 2. The number of carbonyl (C=O) groups excluding carboxylic acids is 1. The molecule has 0 atom stereocenters. The zero-order valence-electron chi connectivity index (χ0n) is 6.22. The lowest BCUT2D eigenvalue weighted by molar-refractivity contribution is -0.112. The quantitative estimate of drug-likeness (QED) is 0.528. The van der Waals surface area contributed by atoms with E-state index in [-0.39, 0.29) is 5.78 Å². The Balaban J connectivity index is 3.56. The average molecular weight is 127 g/mol. The minimum atomic E-state index is 0.0929. The van der Waals surface area contributed by atoms with Crippen LogP contribution in [0.3, 0.4) is 0 Å². The number of ketones is 1. The zero-order valence-corrected chi connectivity index (χ0v) is 6.22. The van der Waals surface area contributed by atoms with Crippen LogP contribution in [0.15, 0.2) is 12.3 Å². The van der Waals surface area contributed by atoms with Gasteiger partial charge in [-0.1, -0.05) is 0 Å². The van der Waals surface area contributed by atoms with Gasteiger partial charge < -0.3 is 4.90 Å². The Kier molecular flexibility index (Phi) is 3.76. The Hall–Kier alpha value is -0.790. The molecule has 2 nitrogen and oxygen atoms in total. The van der Waals surface area contributed by atoms with Gasteiger partial charge in [-0.3, -0.25) is 4.79 Å². The summed E-state index contributed by atoms with van der Waals surface area (Å²) < 4.78 is 0. The molecule has 0 aromatic rings. The molecule has 0 bridgehead atoms. The first-order chi connectivity index (χ1) is 4.16. The molecule has 0 N–H and O–H groups in total. The summed E-state index contributed by atoms with van der Waals surface area (Å²) >= 11 is 0. The molecule has 0 aromatic heterocycles. The highest BCUT2D eigenvalue weighted by molar-refractivity contribution is 5.87. The number of nitrogens with zero attached hydrogens (tertiary/aromatic N) is 1. The zero-order chi connectivity index (χ0) is 7.28. The molecule has 0 rings (SSSR count). The minimum Gasteiger partial charge on any atom is -0.381 e. The molecule has 52 valence electrons. The number of hydrogen-bond donors (Lipinski definition) is 0. The van der Waals surface area contributed by atoms with Gasteiger partial charge in [0.2, 0.25) is 0 Å². The number of rotatable bonds is 3. The summed E-state index contributed by atoms with van der Waals surface area (Å²) in [5.41, 5.74) is 0. The summed E-state index contributed by atoms with van der Waals surface area (Å²) in [5, 5.41) is 0. The second-order valence-electron chi connectivity index (χ2n) is 2.00. The van der Waals surface area contributed by atoms with Crippen molar-refractivity contribution in [1.29, 1.82) is 0 Å². The van der Waals surface area contributed by atoms with Gasteiger partial charge in [-0.2, -0.15) is 0 Å². The Morgan fingerprint density at radius 2 is 2.22 bits per heavy atom. The first-order valence-electron chi connectivity index (χ1n) is 3.05. The number of carbonyl (C=O) groups is 1. The SMILES string of the molecule is CCN(C)C=CC(C)=O. The molecule has 0 spiro atoms. The summed E-state index contributed by atoms with van der Waals surface area (Å²) in [7, 11) is 1.93. The van der Waals surface area contributed by atoms with E-state index in [1.807, 2.05) is 18.9 Å². The standard InChI is InChI=1S/C7H13NO/c1-4-8(3)6-5-7(2)9/h5-6H,4H2,1-3H3. The molecule has 9 heavy (non-hydrogen) atoms. The van der Waals surface area contributed by atoms with E-state index in [0.29, 0.717) is 0 Å². The highest BCUT2D eigenvalue weighted by Gasteiger charge is 1.84. The molecule has 0 aliphatic rings. The van der Waals surface area contributed by atoms with E-state index in [1.54, 1.807) is 19.2 Å². The first kappa shape index (κ1) is 8.21. The third-order valence-corrected chi connectivity index (χ3v) is 1.06. The van der Waals surface area contributed by atoms with Crippen molar-refractivity contribution in [2.24, 2.45) is 0 Å². The van der Waals surface area contributed by atoms with E-state index >= 15 is 0 Å². The van der Waals surface area contributed by atoms with Gasteiger partial charge in [-0.25, -0.2) is 0 Å². The van der Waals surface area contributed by atoms with E-state index in [9.17, 15) is 4.79 Å². The van der Waals surface area contributed by atoms with Crippen molar-refractivity contribution in [2.45, 2.75) is 13.8 Å². The molecule has 0 radical (unpaired) electrons. The molecular weight excluding hydrogens is 114 g/mol. The largest absolute Gasteiger partial charge is 0.381 e. The summed E-state index contributed by atoms with van der Waals surface area (Å²) in [5.74, 6) is 0.0929. The second-order valence-corrected chi connectivity index (χ2v) is 2.00. The van der Waals surface area contributed by atoms with Crippen LogP contribution in [-0.4, -0.2) is 24.3 Å². The maximum absolute atomic E-state index is 10.4. The molecule has 0 saturated heterocycles. The van der Waals surface area contributed by atoms with Gasteiger partial charge in [0.1, 0.15) is 0 Å². The minimum absolute atomic E-state index is 0.0929. The Morgan fingerprint density at radius 3 is 2.56 bits per heavy atom. The smallest absolute Gasteiger partial charge is 0.154 e. The van der Waals surface area contributed by atoms with Crippen molar-refractivity contribution < 1.29 is 4.79 Å². The van der Waals surface area contributed by atoms with Gasteiger partial charge in [0.15, 0.2) is 5.78 Å². The van der Waals surface area contributed by atoms with Gasteiger partial charge in [0.25, 0.3) is 0 Å². The Morgan fingerprint density at radius 1 is 1.67 bits per heavy atom. The maximum atomic E-state index is 10.4. The van der Waals surface area contributed by atoms with Crippen LogP contribution >= 0.6 is 0 Å². The molecule has 0 aliphatic carbocycles. The second kappa shape index (κ2) is 4.13. The lowest BCUT2D eigenvalue weighted by atomic mass is 10.4. The van der Waals surface area contributed by atoms with Crippen LogP contribution in [0, 0.1) is 0 Å². The Bertz CT molecular complexity index is 118. The van der Waals surface area contributed by atoms with Crippen molar-refractivity contribution in [1.82, 2.24) is 4.90 Å². The predicted molar refractivity (Wildman–Crippen MR) is 38.1 cm³/mol. The molecule has 0 fully saturated rings. The van der Waals surface area contributed by atoms with E-state index in [0.717, 1.165) is 6.54 Å². The highest BCUT2D eigenvalue weighted by Crippen LogP contribution is 1.82. The fourth-order valence-electron chi connectivity index (χ4n) is 0.338. The highest BCUT2D eigenvalue weighted by atomic mass is 16.1. The molecular formula is C7H13NO. The number of allylic oxidation sites excluding steroid dienone is 1. The van der Waals surface area contributed by atoms with Crippen LogP contribution in [0.1, 0.15) is 13.8 Å². The van der Waals surface area contributed by atoms with E-state index in [4.69, 9.17) is 0 Å². The molecule has 0 aromatic carbocycles. The summed E-state index contributed by atoms with van der Waals surface area (Å²) in [4.78, 5) is 12.3. The van der Waals surface area contributed by atoms with Gasteiger partial charge in [0.05, 0.1) is 0 Å². The van der Waals surface area contributed by atoms with E-state index in [1.165, 1.54) is 0 Å². The molecule has 0 unspecified atom stereocenters. The van der Waals surface area contributed by atoms with Gasteiger partial charge >= 0.3 is 0 Å². The van der Waals surface area contributed by atoms with Crippen LogP contribution in [0.2, 0.25) is 0 Å². The topological polar surface area (TPSA) is 20.3 Å². The van der Waals surface area contributed by atoms with Crippen LogP contribution in [0.4, 0.5) is 0 Å². The van der Waals surface area contributed by atoms with Gasteiger partial charge in [-0.05, 0) is 19.9 Å². The van der Waals surface area contributed by atoms with Crippen molar-refractivity contribution >= 4 is 5.78 Å².